The highest BCUT2D eigenvalue weighted by atomic mass is 79.9. The monoisotopic (exact) mass is 458 g/mol. The van der Waals surface area contributed by atoms with Gasteiger partial charge in [-0.1, -0.05) is 41.9 Å². The van der Waals surface area contributed by atoms with E-state index in [1.54, 1.807) is 0 Å². The van der Waals surface area contributed by atoms with Crippen molar-refractivity contribution < 1.29 is 9.53 Å². The largest absolute Gasteiger partial charge is 0.483 e. The summed E-state index contributed by atoms with van der Waals surface area (Å²) in [4.78, 5) is 12.0. The Morgan fingerprint density at radius 1 is 1.07 bits per heavy atom. The van der Waals surface area contributed by atoms with Crippen LogP contribution in [0.5, 0.6) is 5.75 Å². The van der Waals surface area contributed by atoms with Gasteiger partial charge in [0.25, 0.3) is 5.91 Å². The predicted octanol–water partition coefficient (Wildman–Crippen LogP) is 6.04. The normalized spacial score (nSPS) is 10.4. The Morgan fingerprint density at radius 2 is 1.86 bits per heavy atom. The van der Waals surface area contributed by atoms with Gasteiger partial charge >= 0.3 is 0 Å². The first kappa shape index (κ1) is 20.2. The molecule has 0 atom stereocenters. The summed E-state index contributed by atoms with van der Waals surface area (Å²) < 4.78 is 6.42. The molecule has 0 aliphatic heterocycles. The summed E-state index contributed by atoms with van der Waals surface area (Å²) in [5.74, 6) is 0.408. The van der Waals surface area contributed by atoms with Crippen molar-refractivity contribution in [3.63, 3.8) is 0 Å². The highest BCUT2D eigenvalue weighted by Crippen LogP contribution is 2.27. The van der Waals surface area contributed by atoms with Crippen molar-refractivity contribution in [2.24, 2.45) is 0 Å². The summed E-state index contributed by atoms with van der Waals surface area (Å²) in [6, 6.07) is 20.9. The maximum Gasteiger partial charge on any atom is 0.262 e. The Labute approximate surface area is 178 Å². The van der Waals surface area contributed by atoms with Crippen LogP contribution in [-0.2, 0) is 11.3 Å². The third kappa shape index (κ3) is 5.50. The van der Waals surface area contributed by atoms with Crippen molar-refractivity contribution in [3.05, 3.63) is 87.4 Å². The number of carbonyl (C=O) groups excluding carboxylic acids is 1. The fraction of sp³-hybridized carbons (Fsp3) is 0.136. The van der Waals surface area contributed by atoms with E-state index in [1.165, 1.54) is 0 Å². The van der Waals surface area contributed by atoms with Gasteiger partial charge in [-0.05, 0) is 70.4 Å². The zero-order valence-corrected chi connectivity index (χ0v) is 17.7. The van der Waals surface area contributed by atoms with Crippen LogP contribution in [0.1, 0.15) is 11.1 Å². The van der Waals surface area contributed by atoms with Crippen LogP contribution in [0, 0.1) is 6.92 Å². The van der Waals surface area contributed by atoms with Crippen molar-refractivity contribution in [3.8, 4) is 5.75 Å². The molecule has 0 aromatic heterocycles. The van der Waals surface area contributed by atoms with Gasteiger partial charge in [0.15, 0.2) is 6.61 Å². The van der Waals surface area contributed by atoms with Gasteiger partial charge in [-0.2, -0.15) is 0 Å². The first-order valence-corrected chi connectivity index (χ1v) is 9.95. The van der Waals surface area contributed by atoms with Crippen LogP contribution in [0.3, 0.4) is 0 Å². The van der Waals surface area contributed by atoms with Gasteiger partial charge in [-0.3, -0.25) is 4.79 Å². The minimum atomic E-state index is -0.208. The second kappa shape index (κ2) is 9.62. The van der Waals surface area contributed by atoms with Crippen molar-refractivity contribution in [2.45, 2.75) is 13.5 Å². The average molecular weight is 460 g/mol. The summed E-state index contributed by atoms with van der Waals surface area (Å²) >= 11 is 9.67. The number of benzene rings is 3. The first-order valence-electron chi connectivity index (χ1n) is 8.78. The molecule has 0 saturated carbocycles. The van der Waals surface area contributed by atoms with Gasteiger partial charge in [-0.15, -0.1) is 0 Å². The van der Waals surface area contributed by atoms with Gasteiger partial charge in [-0.25, -0.2) is 0 Å². The number of carbonyl (C=O) groups is 1. The highest BCUT2D eigenvalue weighted by Gasteiger charge is 2.08. The van der Waals surface area contributed by atoms with Gasteiger partial charge in [0.05, 0.1) is 4.47 Å². The minimum Gasteiger partial charge on any atom is -0.483 e. The zero-order chi connectivity index (χ0) is 19.9. The maximum atomic E-state index is 12.0. The second-order valence-corrected chi connectivity index (χ2v) is 7.50. The number of rotatable bonds is 7. The van der Waals surface area contributed by atoms with Crippen molar-refractivity contribution >= 4 is 44.8 Å². The van der Waals surface area contributed by atoms with Crippen LogP contribution in [-0.4, -0.2) is 12.5 Å². The molecule has 0 aliphatic rings. The summed E-state index contributed by atoms with van der Waals surface area (Å²) in [5, 5.41) is 6.91. The van der Waals surface area contributed by atoms with Crippen molar-refractivity contribution in [2.75, 3.05) is 17.2 Å². The number of hydrogen-bond donors (Lipinski definition) is 2. The molecule has 0 bridgehead atoms. The van der Waals surface area contributed by atoms with E-state index in [2.05, 4.69) is 26.6 Å². The van der Waals surface area contributed by atoms with Crippen LogP contribution < -0.4 is 15.4 Å². The number of amides is 1. The van der Waals surface area contributed by atoms with Crippen molar-refractivity contribution in [1.29, 1.82) is 0 Å². The van der Waals surface area contributed by atoms with E-state index in [-0.39, 0.29) is 12.5 Å². The molecule has 3 aromatic carbocycles. The molecule has 0 fully saturated rings. The van der Waals surface area contributed by atoms with E-state index in [4.69, 9.17) is 16.3 Å². The molecule has 4 nitrogen and oxygen atoms in total. The quantitative estimate of drug-likeness (QED) is 0.453. The smallest absolute Gasteiger partial charge is 0.262 e. The summed E-state index contributed by atoms with van der Waals surface area (Å²) in [6.45, 7) is 2.57. The topological polar surface area (TPSA) is 50.4 Å². The van der Waals surface area contributed by atoms with E-state index >= 15 is 0 Å². The SMILES string of the molecule is Cc1c(Cl)cccc1NCc1ccc(OCC(=O)Nc2ccccc2)c(Br)c1. The van der Waals surface area contributed by atoms with Gasteiger partial charge in [0, 0.05) is 22.9 Å². The Kier molecular flexibility index (Phi) is 6.95. The average Bonchev–Trinajstić information content (AvgIpc) is 2.69. The minimum absolute atomic E-state index is 0.0627. The number of nitrogens with one attached hydrogen (secondary N) is 2. The van der Waals surface area contributed by atoms with Gasteiger partial charge in [0.1, 0.15) is 5.75 Å². The Hall–Kier alpha value is -2.50. The van der Waals surface area contributed by atoms with Gasteiger partial charge < -0.3 is 15.4 Å². The van der Waals surface area contributed by atoms with Crippen LogP contribution in [0.15, 0.2) is 71.2 Å². The summed E-state index contributed by atoms with van der Waals surface area (Å²) in [6.07, 6.45) is 0. The molecule has 3 aromatic rings. The standard InChI is InChI=1S/C22H20BrClN2O2/c1-15-19(24)8-5-9-20(15)25-13-16-10-11-21(18(23)12-16)28-14-22(27)26-17-6-3-2-4-7-17/h2-12,25H,13-14H2,1H3,(H,26,27). The van der Waals surface area contributed by atoms with Crippen LogP contribution in [0.2, 0.25) is 5.02 Å². The molecule has 144 valence electrons. The Bertz CT molecular complexity index is 964. The number of ether oxygens (including phenoxy) is 1. The lowest BCUT2D eigenvalue weighted by molar-refractivity contribution is -0.118. The second-order valence-electron chi connectivity index (χ2n) is 6.23. The molecular formula is C22H20BrClN2O2. The lowest BCUT2D eigenvalue weighted by Gasteiger charge is -2.13. The van der Waals surface area contributed by atoms with E-state index in [0.29, 0.717) is 12.3 Å². The zero-order valence-electron chi connectivity index (χ0n) is 15.3. The third-order valence-corrected chi connectivity index (χ3v) is 5.19. The molecule has 1 amide bonds. The van der Waals surface area contributed by atoms with Crippen LogP contribution in [0.4, 0.5) is 11.4 Å². The van der Waals surface area contributed by atoms with Gasteiger partial charge in [0.2, 0.25) is 0 Å². The molecule has 3 rings (SSSR count). The van der Waals surface area contributed by atoms with Crippen LogP contribution >= 0.6 is 27.5 Å². The van der Waals surface area contributed by atoms with E-state index in [9.17, 15) is 4.79 Å². The number of halogens is 2. The molecule has 6 heteroatoms. The lowest BCUT2D eigenvalue weighted by Crippen LogP contribution is -2.20. The molecule has 0 radical (unpaired) electrons. The molecular weight excluding hydrogens is 440 g/mol. The van der Waals surface area contributed by atoms with Crippen molar-refractivity contribution in [1.82, 2.24) is 0 Å². The van der Waals surface area contributed by atoms with E-state index < -0.39 is 0 Å². The molecule has 2 N–H and O–H groups in total. The highest BCUT2D eigenvalue weighted by molar-refractivity contribution is 9.10. The molecule has 0 heterocycles. The Morgan fingerprint density at radius 3 is 2.61 bits per heavy atom. The molecule has 0 unspecified atom stereocenters. The first-order chi connectivity index (χ1) is 13.5. The predicted molar refractivity (Wildman–Crippen MR) is 118 cm³/mol. The maximum absolute atomic E-state index is 12.0. The summed E-state index contributed by atoms with van der Waals surface area (Å²) in [5.41, 5.74) is 3.84. The Balaban J connectivity index is 1.55. The van der Waals surface area contributed by atoms with E-state index in [0.717, 1.165) is 32.0 Å². The molecule has 0 spiro atoms. The molecule has 0 aliphatic carbocycles. The number of hydrogen-bond acceptors (Lipinski definition) is 3. The number of para-hydroxylation sites is 1. The number of anilines is 2. The lowest BCUT2D eigenvalue weighted by atomic mass is 10.1. The molecule has 0 saturated heterocycles. The fourth-order valence-corrected chi connectivity index (χ4v) is 3.34. The fourth-order valence-electron chi connectivity index (χ4n) is 2.63. The summed E-state index contributed by atoms with van der Waals surface area (Å²) in [7, 11) is 0. The van der Waals surface area contributed by atoms with E-state index in [1.807, 2.05) is 73.7 Å². The van der Waals surface area contributed by atoms with Crippen LogP contribution in [0.25, 0.3) is 0 Å². The molecule has 28 heavy (non-hydrogen) atoms. The third-order valence-electron chi connectivity index (χ3n) is 4.16.